The van der Waals surface area contributed by atoms with Crippen molar-refractivity contribution in [2.24, 2.45) is 5.92 Å². The molecule has 0 unspecified atom stereocenters. The van der Waals surface area contributed by atoms with Crippen LogP contribution in [0.25, 0.3) is 10.8 Å². The molecule has 2 atom stereocenters. The summed E-state index contributed by atoms with van der Waals surface area (Å²) in [5, 5.41) is 23.1. The van der Waals surface area contributed by atoms with Crippen molar-refractivity contribution in [1.29, 1.82) is 0 Å². The number of carbonyl (C=O) groups excluding carboxylic acids is 2. The van der Waals surface area contributed by atoms with E-state index < -0.39 is 24.1 Å². The van der Waals surface area contributed by atoms with Crippen molar-refractivity contribution in [2.75, 3.05) is 5.32 Å². The minimum atomic E-state index is -1.11. The Bertz CT molecular complexity index is 1180. The fourth-order valence-corrected chi connectivity index (χ4v) is 3.39. The molecule has 0 fully saturated rings. The smallest absolute Gasteiger partial charge is 0.412 e. The number of rotatable bonds is 7. The molecule has 3 aromatic rings. The van der Waals surface area contributed by atoms with Gasteiger partial charge < -0.3 is 14.9 Å². The van der Waals surface area contributed by atoms with Crippen LogP contribution < -0.4 is 5.32 Å². The quantitative estimate of drug-likeness (QED) is 0.344. The molecule has 0 aliphatic rings. The Kier molecular flexibility index (Phi) is 6.90. The second-order valence-electron chi connectivity index (χ2n) is 7.36. The van der Waals surface area contributed by atoms with Gasteiger partial charge in [0.1, 0.15) is 11.9 Å². The zero-order chi connectivity index (χ0) is 23.3. The Balaban J connectivity index is 1.92. The van der Waals surface area contributed by atoms with Crippen molar-refractivity contribution in [2.45, 2.75) is 20.0 Å². The summed E-state index contributed by atoms with van der Waals surface area (Å²) in [6.07, 6.45) is 0.886. The lowest BCUT2D eigenvalue weighted by molar-refractivity contribution is -0.131. The van der Waals surface area contributed by atoms with E-state index in [2.05, 4.69) is 5.32 Å². The van der Waals surface area contributed by atoms with Gasteiger partial charge in [-0.25, -0.2) is 9.59 Å². The van der Waals surface area contributed by atoms with Crippen molar-refractivity contribution in [3.8, 4) is 5.75 Å². The average Bonchev–Trinajstić information content (AvgIpc) is 2.77. The highest BCUT2D eigenvalue weighted by molar-refractivity contribution is 5.95. The summed E-state index contributed by atoms with van der Waals surface area (Å²) < 4.78 is 5.72. The largest absolute Gasteiger partial charge is 0.507 e. The normalized spacial score (nSPS) is 12.9. The van der Waals surface area contributed by atoms with Crippen molar-refractivity contribution in [1.82, 2.24) is 0 Å². The number of anilines is 1. The number of aliphatic carboxylic acids is 1. The van der Waals surface area contributed by atoms with E-state index in [1.807, 2.05) is 0 Å². The van der Waals surface area contributed by atoms with Crippen LogP contribution in [0.3, 0.4) is 0 Å². The monoisotopic (exact) mass is 433 g/mol. The van der Waals surface area contributed by atoms with Crippen LogP contribution in [0.4, 0.5) is 10.5 Å². The minimum Gasteiger partial charge on any atom is -0.507 e. The average molecular weight is 433 g/mol. The van der Waals surface area contributed by atoms with Gasteiger partial charge in [0, 0.05) is 34.2 Å². The first-order chi connectivity index (χ1) is 15.3. The molecule has 0 spiro atoms. The van der Waals surface area contributed by atoms with E-state index >= 15 is 0 Å². The summed E-state index contributed by atoms with van der Waals surface area (Å²) in [5.74, 6) is -1.59. The van der Waals surface area contributed by atoms with Crippen molar-refractivity contribution in [3.05, 3.63) is 83.9 Å². The van der Waals surface area contributed by atoms with Crippen molar-refractivity contribution in [3.63, 3.8) is 0 Å². The van der Waals surface area contributed by atoms with E-state index in [0.717, 1.165) is 6.08 Å². The number of phenolic OH excluding ortho intramolecular Hbond substituents is 1. The summed E-state index contributed by atoms with van der Waals surface area (Å²) in [4.78, 5) is 35.1. The topological polar surface area (TPSA) is 113 Å². The molecule has 32 heavy (non-hydrogen) atoms. The molecule has 164 valence electrons. The molecular weight excluding hydrogens is 410 g/mol. The molecular formula is C25H23NO6. The van der Waals surface area contributed by atoms with Gasteiger partial charge in [0.2, 0.25) is 0 Å². The van der Waals surface area contributed by atoms with Crippen LogP contribution in [-0.4, -0.2) is 28.1 Å². The van der Waals surface area contributed by atoms with Gasteiger partial charge in [-0.15, -0.1) is 0 Å². The number of carboxylic acids is 1. The SMILES string of the molecule is CC(=O)c1ccc(NC(=O)O[C@@H](c2ccc(O)c3ccccc23)[C@H](C)/C=C/C(=O)O)cc1. The van der Waals surface area contributed by atoms with Crippen LogP contribution in [0, 0.1) is 5.92 Å². The molecule has 0 aromatic heterocycles. The second kappa shape index (κ2) is 9.78. The Morgan fingerprint density at radius 3 is 2.25 bits per heavy atom. The minimum absolute atomic E-state index is 0.0857. The summed E-state index contributed by atoms with van der Waals surface area (Å²) in [6, 6.07) is 16.7. The fourth-order valence-electron chi connectivity index (χ4n) is 3.39. The van der Waals surface area contributed by atoms with Gasteiger partial charge in [-0.2, -0.15) is 0 Å². The lowest BCUT2D eigenvalue weighted by Crippen LogP contribution is -2.21. The Labute approximate surface area is 185 Å². The van der Waals surface area contributed by atoms with Gasteiger partial charge in [0.05, 0.1) is 0 Å². The van der Waals surface area contributed by atoms with E-state index in [0.29, 0.717) is 27.6 Å². The van der Waals surface area contributed by atoms with E-state index in [1.54, 1.807) is 61.5 Å². The molecule has 0 aliphatic heterocycles. The number of hydrogen-bond acceptors (Lipinski definition) is 5. The molecule has 0 saturated carbocycles. The highest BCUT2D eigenvalue weighted by Crippen LogP contribution is 2.36. The van der Waals surface area contributed by atoms with Crippen LogP contribution >= 0.6 is 0 Å². The predicted octanol–water partition coefficient (Wildman–Crippen LogP) is 5.31. The molecule has 3 N–H and O–H groups in total. The third-order valence-electron chi connectivity index (χ3n) is 5.03. The Morgan fingerprint density at radius 1 is 0.969 bits per heavy atom. The molecule has 0 heterocycles. The number of benzene rings is 3. The second-order valence-corrected chi connectivity index (χ2v) is 7.36. The first-order valence-electron chi connectivity index (χ1n) is 9.96. The number of carboxylic acid groups (broad SMARTS) is 1. The fraction of sp³-hybridized carbons (Fsp3) is 0.160. The van der Waals surface area contributed by atoms with Crippen LogP contribution in [0.2, 0.25) is 0 Å². The molecule has 0 bridgehead atoms. The number of hydrogen-bond donors (Lipinski definition) is 3. The van der Waals surface area contributed by atoms with Crippen LogP contribution in [0.15, 0.2) is 72.8 Å². The number of amides is 1. The summed E-state index contributed by atoms with van der Waals surface area (Å²) >= 11 is 0. The number of fused-ring (bicyclic) bond motifs is 1. The summed E-state index contributed by atoms with van der Waals surface area (Å²) in [5.41, 5.74) is 1.59. The summed E-state index contributed by atoms with van der Waals surface area (Å²) in [6.45, 7) is 3.19. The number of aromatic hydroxyl groups is 1. The lowest BCUT2D eigenvalue weighted by Gasteiger charge is -2.24. The lowest BCUT2D eigenvalue weighted by atomic mass is 9.92. The van der Waals surface area contributed by atoms with Gasteiger partial charge in [0.25, 0.3) is 0 Å². The maximum absolute atomic E-state index is 12.7. The molecule has 0 radical (unpaired) electrons. The van der Waals surface area contributed by atoms with Crippen LogP contribution in [0.1, 0.15) is 35.9 Å². The van der Waals surface area contributed by atoms with Crippen molar-refractivity contribution >= 4 is 34.3 Å². The van der Waals surface area contributed by atoms with Crippen molar-refractivity contribution < 1.29 is 29.3 Å². The number of carbonyl (C=O) groups is 3. The molecule has 1 amide bonds. The molecule has 3 aromatic carbocycles. The number of ether oxygens (including phenoxy) is 1. The number of phenols is 1. The molecule has 0 saturated heterocycles. The standard InChI is InChI=1S/C25H23NO6/c1-15(7-14-23(29)30)24(21-12-13-22(28)20-6-4-3-5-19(20)21)32-25(31)26-18-10-8-17(9-11-18)16(2)27/h3-15,24,28H,1-2H3,(H,26,31)(H,29,30)/b14-7+/t15-,24-/m1/s1. The maximum Gasteiger partial charge on any atom is 0.412 e. The van der Waals surface area contributed by atoms with Gasteiger partial charge in [-0.1, -0.05) is 43.3 Å². The van der Waals surface area contributed by atoms with Gasteiger partial charge in [-0.3, -0.25) is 10.1 Å². The van der Waals surface area contributed by atoms with Gasteiger partial charge in [0.15, 0.2) is 5.78 Å². The predicted molar refractivity (Wildman–Crippen MR) is 121 cm³/mol. The maximum atomic E-state index is 12.7. The highest BCUT2D eigenvalue weighted by Gasteiger charge is 2.25. The Morgan fingerprint density at radius 2 is 1.62 bits per heavy atom. The third kappa shape index (κ3) is 5.31. The first-order valence-corrected chi connectivity index (χ1v) is 9.96. The summed E-state index contributed by atoms with van der Waals surface area (Å²) in [7, 11) is 0. The zero-order valence-corrected chi connectivity index (χ0v) is 17.6. The molecule has 3 rings (SSSR count). The van der Waals surface area contributed by atoms with Crippen LogP contribution in [0.5, 0.6) is 5.75 Å². The zero-order valence-electron chi connectivity index (χ0n) is 17.6. The number of Topliss-reactive ketones (excluding diaryl/α,β-unsaturated/α-hetero) is 1. The van der Waals surface area contributed by atoms with E-state index in [-0.39, 0.29) is 11.5 Å². The molecule has 7 nitrogen and oxygen atoms in total. The Hall–Kier alpha value is -4.13. The molecule has 7 heteroatoms. The highest BCUT2D eigenvalue weighted by atomic mass is 16.6. The number of ketones is 1. The van der Waals surface area contributed by atoms with Crippen LogP contribution in [-0.2, 0) is 9.53 Å². The van der Waals surface area contributed by atoms with E-state index in [4.69, 9.17) is 9.84 Å². The van der Waals surface area contributed by atoms with Gasteiger partial charge >= 0.3 is 12.1 Å². The van der Waals surface area contributed by atoms with Gasteiger partial charge in [-0.05, 0) is 42.6 Å². The molecule has 0 aliphatic carbocycles. The first kappa shape index (κ1) is 22.6. The van der Waals surface area contributed by atoms with E-state index in [1.165, 1.54) is 19.1 Å². The number of nitrogens with one attached hydrogen (secondary N) is 1. The van der Waals surface area contributed by atoms with E-state index in [9.17, 15) is 19.5 Å². The third-order valence-corrected chi connectivity index (χ3v) is 5.03.